The fraction of sp³-hybridized carbons (Fsp3) is 0.0769. The highest BCUT2D eigenvalue weighted by Crippen LogP contribution is 2.28. The molecule has 8 nitrogen and oxygen atoms in total. The molecule has 0 aliphatic heterocycles. The minimum Gasteiger partial charge on any atom is -0.508 e. The minimum absolute atomic E-state index is 0.0430. The Hall–Kier alpha value is -4.62. The lowest BCUT2D eigenvalue weighted by Crippen LogP contribution is -2.16. The first-order valence-corrected chi connectivity index (χ1v) is 12.0. The molecule has 0 aliphatic rings. The lowest BCUT2D eigenvalue weighted by atomic mass is 10.1. The van der Waals surface area contributed by atoms with Crippen molar-refractivity contribution >= 4 is 32.5 Å². The van der Waals surface area contributed by atoms with Gasteiger partial charge in [0.2, 0.25) is 0 Å². The SMILES string of the molecule is COC(=O)c1cc(O)ccc1NS(=O)(=O)c1ccc2cc(OCc3ccc(C#N)cc3F)ccc2c1. The molecule has 0 radical (unpaired) electrons. The van der Waals surface area contributed by atoms with E-state index < -0.39 is 21.8 Å². The topological polar surface area (TPSA) is 126 Å². The first kappa shape index (κ1) is 24.5. The average molecular weight is 507 g/mol. The number of phenolic OH excluding ortho intramolecular Hbond substituents is 1. The van der Waals surface area contributed by atoms with Gasteiger partial charge in [-0.15, -0.1) is 0 Å². The molecule has 0 atom stereocenters. The number of esters is 1. The summed E-state index contributed by atoms with van der Waals surface area (Å²) in [5.74, 6) is -1.12. The highest BCUT2D eigenvalue weighted by Gasteiger charge is 2.20. The van der Waals surface area contributed by atoms with Gasteiger partial charge in [-0.1, -0.05) is 18.2 Å². The van der Waals surface area contributed by atoms with E-state index in [9.17, 15) is 22.7 Å². The number of carbonyl (C=O) groups is 1. The number of nitrogens with one attached hydrogen (secondary N) is 1. The van der Waals surface area contributed by atoms with Gasteiger partial charge in [-0.25, -0.2) is 17.6 Å². The molecule has 0 saturated heterocycles. The molecular formula is C26H19FN2O6S. The number of fused-ring (bicyclic) bond motifs is 1. The Kier molecular flexibility index (Phi) is 6.76. The molecule has 0 aromatic heterocycles. The molecule has 0 fully saturated rings. The summed E-state index contributed by atoms with van der Waals surface area (Å²) in [5, 5.41) is 19.8. The van der Waals surface area contributed by atoms with Crippen LogP contribution >= 0.6 is 0 Å². The number of benzene rings is 4. The minimum atomic E-state index is -4.08. The van der Waals surface area contributed by atoms with E-state index in [0.29, 0.717) is 22.1 Å². The molecule has 0 saturated carbocycles. The molecule has 4 rings (SSSR count). The van der Waals surface area contributed by atoms with Crippen LogP contribution in [-0.2, 0) is 21.4 Å². The number of carbonyl (C=O) groups excluding carboxylic acids is 1. The smallest absolute Gasteiger partial charge is 0.340 e. The van der Waals surface area contributed by atoms with Crippen molar-refractivity contribution < 1.29 is 32.2 Å². The van der Waals surface area contributed by atoms with Crippen LogP contribution in [0, 0.1) is 17.1 Å². The van der Waals surface area contributed by atoms with E-state index in [0.717, 1.165) is 19.2 Å². The van der Waals surface area contributed by atoms with Gasteiger partial charge in [-0.05, 0) is 65.4 Å². The predicted molar refractivity (Wildman–Crippen MR) is 130 cm³/mol. The van der Waals surface area contributed by atoms with Gasteiger partial charge in [0.05, 0.1) is 34.9 Å². The van der Waals surface area contributed by atoms with Crippen molar-refractivity contribution in [1.82, 2.24) is 0 Å². The second kappa shape index (κ2) is 9.93. The highest BCUT2D eigenvalue weighted by atomic mass is 32.2. The first-order chi connectivity index (χ1) is 17.2. The van der Waals surface area contributed by atoms with Gasteiger partial charge in [0, 0.05) is 5.56 Å². The third-order valence-corrected chi connectivity index (χ3v) is 6.69. The Morgan fingerprint density at radius 2 is 1.78 bits per heavy atom. The number of rotatable bonds is 7. The van der Waals surface area contributed by atoms with E-state index in [4.69, 9.17) is 10.00 Å². The zero-order chi connectivity index (χ0) is 25.9. The van der Waals surface area contributed by atoms with Gasteiger partial charge in [0.1, 0.15) is 23.9 Å². The molecule has 0 bridgehead atoms. The van der Waals surface area contributed by atoms with Crippen molar-refractivity contribution in [3.63, 3.8) is 0 Å². The average Bonchev–Trinajstić information content (AvgIpc) is 2.87. The van der Waals surface area contributed by atoms with E-state index in [1.165, 1.54) is 36.4 Å². The largest absolute Gasteiger partial charge is 0.508 e. The van der Waals surface area contributed by atoms with Gasteiger partial charge in [0.25, 0.3) is 10.0 Å². The summed E-state index contributed by atoms with van der Waals surface area (Å²) in [6, 6.07) is 19.1. The fourth-order valence-corrected chi connectivity index (χ4v) is 4.57. The summed E-state index contributed by atoms with van der Waals surface area (Å²) in [7, 11) is -2.94. The van der Waals surface area contributed by atoms with E-state index in [1.807, 2.05) is 6.07 Å². The quantitative estimate of drug-likeness (QED) is 0.274. The van der Waals surface area contributed by atoms with Gasteiger partial charge in [0.15, 0.2) is 0 Å². The number of methoxy groups -OCH3 is 1. The summed E-state index contributed by atoms with van der Waals surface area (Å²) in [6.45, 7) is -0.0470. The number of ether oxygens (including phenoxy) is 2. The monoisotopic (exact) mass is 506 g/mol. The summed E-state index contributed by atoms with van der Waals surface area (Å²) in [4.78, 5) is 11.9. The number of nitrogens with zero attached hydrogens (tertiary/aromatic N) is 1. The second-order valence-electron chi connectivity index (χ2n) is 7.70. The summed E-state index contributed by atoms with van der Waals surface area (Å²) < 4.78 is 52.7. The Balaban J connectivity index is 1.55. The van der Waals surface area contributed by atoms with Crippen molar-refractivity contribution in [1.29, 1.82) is 5.26 Å². The van der Waals surface area contributed by atoms with Crippen LogP contribution in [0.15, 0.2) is 77.7 Å². The number of hydrogen-bond acceptors (Lipinski definition) is 7. The van der Waals surface area contributed by atoms with Crippen LogP contribution in [0.5, 0.6) is 11.5 Å². The molecule has 182 valence electrons. The maximum Gasteiger partial charge on any atom is 0.340 e. The second-order valence-corrected chi connectivity index (χ2v) is 9.39. The number of hydrogen-bond donors (Lipinski definition) is 2. The van der Waals surface area contributed by atoms with E-state index in [-0.39, 0.29) is 34.1 Å². The third-order valence-electron chi connectivity index (χ3n) is 5.32. The van der Waals surface area contributed by atoms with Crippen molar-refractivity contribution in [2.75, 3.05) is 11.8 Å². The molecule has 0 spiro atoms. The van der Waals surface area contributed by atoms with Crippen molar-refractivity contribution in [2.24, 2.45) is 0 Å². The van der Waals surface area contributed by atoms with Crippen molar-refractivity contribution in [2.45, 2.75) is 11.5 Å². The molecule has 10 heteroatoms. The van der Waals surface area contributed by atoms with Crippen LogP contribution < -0.4 is 9.46 Å². The Morgan fingerprint density at radius 3 is 2.50 bits per heavy atom. The number of aromatic hydroxyl groups is 1. The maximum absolute atomic E-state index is 14.1. The summed E-state index contributed by atoms with van der Waals surface area (Å²) in [6.07, 6.45) is 0. The molecule has 0 heterocycles. The van der Waals surface area contributed by atoms with Crippen LogP contribution in [0.3, 0.4) is 0 Å². The summed E-state index contributed by atoms with van der Waals surface area (Å²) in [5.41, 5.74) is 0.331. The number of anilines is 1. The lowest BCUT2D eigenvalue weighted by molar-refractivity contribution is 0.0601. The molecular weight excluding hydrogens is 487 g/mol. The molecule has 0 aliphatic carbocycles. The Labute approximate surface area is 206 Å². The van der Waals surface area contributed by atoms with E-state index >= 15 is 0 Å². The van der Waals surface area contributed by atoms with E-state index in [2.05, 4.69) is 9.46 Å². The number of sulfonamides is 1. The first-order valence-electron chi connectivity index (χ1n) is 10.5. The normalized spacial score (nSPS) is 11.0. The molecule has 0 amide bonds. The number of nitriles is 1. The number of halogens is 1. The van der Waals surface area contributed by atoms with Gasteiger partial charge < -0.3 is 14.6 Å². The highest BCUT2D eigenvalue weighted by molar-refractivity contribution is 7.92. The standard InChI is InChI=1S/C26H19FN2O6S/c1-34-26(31)23-13-20(30)6-9-25(23)29-36(32,33)22-8-5-17-11-21(7-4-18(17)12-22)35-15-19-3-2-16(14-28)10-24(19)27/h2-13,29-30H,15H2,1H3. The van der Waals surface area contributed by atoms with Crippen LogP contribution in [0.25, 0.3) is 10.8 Å². The van der Waals surface area contributed by atoms with Gasteiger partial charge in [-0.2, -0.15) is 5.26 Å². The fourth-order valence-electron chi connectivity index (χ4n) is 3.46. The Morgan fingerprint density at radius 1 is 1.03 bits per heavy atom. The van der Waals surface area contributed by atoms with Crippen LogP contribution in [0.2, 0.25) is 0 Å². The zero-order valence-corrected chi connectivity index (χ0v) is 19.7. The molecule has 4 aromatic rings. The zero-order valence-electron chi connectivity index (χ0n) is 18.9. The van der Waals surface area contributed by atoms with Crippen LogP contribution in [0.4, 0.5) is 10.1 Å². The van der Waals surface area contributed by atoms with Gasteiger partial charge >= 0.3 is 5.97 Å². The maximum atomic E-state index is 14.1. The van der Waals surface area contributed by atoms with Gasteiger partial charge in [-0.3, -0.25) is 4.72 Å². The molecule has 36 heavy (non-hydrogen) atoms. The lowest BCUT2D eigenvalue weighted by Gasteiger charge is -2.13. The van der Waals surface area contributed by atoms with Crippen molar-refractivity contribution in [3.05, 3.63) is 95.3 Å². The van der Waals surface area contributed by atoms with Crippen LogP contribution in [0.1, 0.15) is 21.5 Å². The van der Waals surface area contributed by atoms with Crippen molar-refractivity contribution in [3.8, 4) is 17.6 Å². The molecule has 4 aromatic carbocycles. The van der Waals surface area contributed by atoms with Crippen LogP contribution in [-0.4, -0.2) is 26.6 Å². The predicted octanol–water partition coefficient (Wildman–Crippen LogP) is 4.72. The molecule has 0 unspecified atom stereocenters. The van der Waals surface area contributed by atoms with E-state index in [1.54, 1.807) is 24.3 Å². The molecule has 2 N–H and O–H groups in total. The summed E-state index contributed by atoms with van der Waals surface area (Å²) >= 11 is 0. The third kappa shape index (κ3) is 5.21. The number of phenols is 1. The Bertz CT molecular complexity index is 1630.